The number of carbonyl (C=O) groups is 2. The van der Waals surface area contributed by atoms with Crippen molar-refractivity contribution in [2.75, 3.05) is 111 Å². The van der Waals surface area contributed by atoms with Gasteiger partial charge in [0, 0.05) is 56.4 Å². The highest BCUT2D eigenvalue weighted by Gasteiger charge is 2.43. The number of esters is 1. The Labute approximate surface area is 396 Å². The monoisotopic (exact) mass is 924 g/mol. The van der Waals surface area contributed by atoms with Crippen LogP contribution in [0.2, 0.25) is 0 Å². The highest BCUT2D eigenvalue weighted by molar-refractivity contribution is 6.01. The van der Waals surface area contributed by atoms with Crippen LogP contribution in [-0.2, 0) is 40.0 Å². The van der Waals surface area contributed by atoms with Crippen molar-refractivity contribution in [1.29, 1.82) is 0 Å². The molecule has 0 radical (unpaired) electrons. The Kier molecular flexibility index (Phi) is 16.8. The quantitative estimate of drug-likeness (QED) is 0.0208. The van der Waals surface area contributed by atoms with Crippen LogP contribution in [0.15, 0.2) is 54.6 Å². The Balaban J connectivity index is 1.10. The molecule has 2 heterocycles. The van der Waals surface area contributed by atoms with E-state index in [-0.39, 0.29) is 30.9 Å². The van der Waals surface area contributed by atoms with Crippen LogP contribution in [0, 0.1) is 11.8 Å². The van der Waals surface area contributed by atoms with E-state index in [0.29, 0.717) is 86.5 Å². The van der Waals surface area contributed by atoms with Crippen molar-refractivity contribution in [3.05, 3.63) is 88.0 Å². The second kappa shape index (κ2) is 22.5. The number of methoxy groups -OCH3 is 9. The Bertz CT molecular complexity index is 2460. The van der Waals surface area contributed by atoms with Crippen molar-refractivity contribution in [3.63, 3.8) is 0 Å². The fraction of sp³-hybridized carbons (Fsp3) is 0.472. The number of fused-ring (bicyclic) bond motifs is 2. The highest BCUT2D eigenvalue weighted by Crippen LogP contribution is 2.51. The van der Waals surface area contributed by atoms with Gasteiger partial charge in [-0.1, -0.05) is 12.1 Å². The molecule has 4 unspecified atom stereocenters. The molecule has 0 aromatic heterocycles. The molecule has 0 aliphatic carbocycles. The average molecular weight is 925 g/mol. The molecule has 2 aliphatic rings. The van der Waals surface area contributed by atoms with Crippen LogP contribution in [0.4, 0.5) is 0 Å². The summed E-state index contributed by atoms with van der Waals surface area (Å²) in [4.78, 5) is 26.0. The minimum Gasteiger partial charge on any atom is -0.493 e. The van der Waals surface area contributed by atoms with Gasteiger partial charge in [-0.15, -0.1) is 0 Å². The highest BCUT2D eigenvalue weighted by atomic mass is 16.5. The Morgan fingerprint density at radius 3 is 1.60 bits per heavy atom. The van der Waals surface area contributed by atoms with Crippen molar-refractivity contribution in [2.24, 2.45) is 0 Å². The first-order chi connectivity index (χ1) is 32.3. The van der Waals surface area contributed by atoms with Crippen molar-refractivity contribution in [2.45, 2.75) is 57.0 Å². The number of rotatable bonds is 21. The van der Waals surface area contributed by atoms with Gasteiger partial charge in [-0.05, 0) is 70.6 Å². The largest absolute Gasteiger partial charge is 0.493 e. The van der Waals surface area contributed by atoms with Gasteiger partial charge in [0.2, 0.25) is 11.5 Å². The number of quaternary nitrogens is 2. The summed E-state index contributed by atoms with van der Waals surface area (Å²) in [6.45, 7) is 3.28. The molecule has 0 saturated carbocycles. The smallest absolute Gasteiger partial charge is 0.384 e. The third kappa shape index (κ3) is 11.1. The van der Waals surface area contributed by atoms with E-state index in [1.54, 1.807) is 64.0 Å². The number of nitrogens with zero attached hydrogens (tertiary/aromatic N) is 2. The van der Waals surface area contributed by atoms with E-state index >= 15 is 0 Å². The van der Waals surface area contributed by atoms with Crippen LogP contribution < -0.4 is 42.6 Å². The third-order valence-corrected chi connectivity index (χ3v) is 13.8. The SMILES string of the molecule is COc1ccc(CC2c3cc(OC)c(OC)cc3CC[N+]2(C)CCCC(=O)C#CC(=O)OCCC[N+]2(C)CCc3cc(OC)c(OC)c(OC)c3C2Cc2ccc(OC)c(OC)c2)cc1OC. The fourth-order valence-corrected chi connectivity index (χ4v) is 10.0. The number of ketones is 1. The molecular weight excluding hydrogens is 857 g/mol. The van der Waals surface area contributed by atoms with Gasteiger partial charge in [-0.2, -0.15) is 0 Å². The standard InChI is InChI=1S/C53H68N2O12/c1-54(25-21-37-32-47(62-7)48(63-8)34-40(37)41(54)28-35-15-18-43(58-3)45(30-35)60-5)23-12-14-39(56)17-20-50(57)67-27-13-24-55(2)26-22-38-33-49(64-9)52(65-10)53(66-11)51(38)42(55)29-36-16-19-44(59-4)46(31-36)61-6/h15-16,18-19,30-34,41-42H,12-14,21-29H2,1-11H3/q+2. The van der Waals surface area contributed by atoms with Gasteiger partial charge in [0.05, 0.1) is 116 Å². The van der Waals surface area contributed by atoms with Gasteiger partial charge < -0.3 is 56.3 Å². The normalized spacial score (nSPS) is 19.3. The van der Waals surface area contributed by atoms with Gasteiger partial charge in [0.15, 0.2) is 46.0 Å². The van der Waals surface area contributed by atoms with E-state index in [0.717, 1.165) is 61.2 Å². The van der Waals surface area contributed by atoms with E-state index < -0.39 is 5.97 Å². The number of ether oxygens (including phenoxy) is 10. The molecule has 67 heavy (non-hydrogen) atoms. The maximum atomic E-state index is 13.1. The van der Waals surface area contributed by atoms with Gasteiger partial charge in [0.25, 0.3) is 0 Å². The minimum atomic E-state index is -0.716. The number of Topliss-reactive ketones (excluding diaryl/α,β-unsaturated/α-hetero) is 1. The van der Waals surface area contributed by atoms with Crippen LogP contribution in [-0.4, -0.2) is 132 Å². The predicted molar refractivity (Wildman–Crippen MR) is 254 cm³/mol. The summed E-state index contributed by atoms with van der Waals surface area (Å²) in [5.41, 5.74) is 6.76. The summed E-state index contributed by atoms with van der Waals surface area (Å²) in [7, 11) is 19.2. The average Bonchev–Trinajstić information content (AvgIpc) is 3.35. The van der Waals surface area contributed by atoms with Crippen LogP contribution in [0.25, 0.3) is 0 Å². The number of benzene rings is 4. The number of hydrogen-bond acceptors (Lipinski definition) is 12. The first kappa shape index (κ1) is 50.1. The molecular formula is C53H68N2O12+2. The molecule has 14 heteroatoms. The molecule has 0 fully saturated rings. The summed E-state index contributed by atoms with van der Waals surface area (Å²) < 4.78 is 58.3. The summed E-state index contributed by atoms with van der Waals surface area (Å²) in [6, 6.07) is 18.2. The zero-order chi connectivity index (χ0) is 48.3. The lowest BCUT2D eigenvalue weighted by molar-refractivity contribution is -0.941. The molecule has 4 atom stereocenters. The van der Waals surface area contributed by atoms with Gasteiger partial charge in [0.1, 0.15) is 12.1 Å². The van der Waals surface area contributed by atoms with Crippen LogP contribution in [0.1, 0.15) is 64.7 Å². The van der Waals surface area contributed by atoms with E-state index in [1.165, 1.54) is 11.1 Å². The van der Waals surface area contributed by atoms with Crippen LogP contribution in [0.5, 0.6) is 51.7 Å². The molecule has 0 saturated heterocycles. The maximum Gasteiger partial charge on any atom is 0.384 e. The van der Waals surface area contributed by atoms with E-state index in [2.05, 4.69) is 50.2 Å². The fourth-order valence-electron chi connectivity index (χ4n) is 10.0. The topological polar surface area (TPSA) is 126 Å². The molecule has 2 aliphatic heterocycles. The van der Waals surface area contributed by atoms with Crippen molar-refractivity contribution in [3.8, 4) is 63.6 Å². The summed E-state index contributed by atoms with van der Waals surface area (Å²) in [5, 5.41) is 0. The lowest BCUT2D eigenvalue weighted by Crippen LogP contribution is -2.52. The third-order valence-electron chi connectivity index (χ3n) is 13.8. The zero-order valence-electron chi connectivity index (χ0n) is 41.1. The molecule has 6 rings (SSSR count). The molecule has 0 N–H and O–H groups in total. The van der Waals surface area contributed by atoms with Gasteiger partial charge >= 0.3 is 5.97 Å². The lowest BCUT2D eigenvalue weighted by Gasteiger charge is -2.46. The Hall–Kier alpha value is -6.30. The molecule has 4 aromatic carbocycles. The van der Waals surface area contributed by atoms with Gasteiger partial charge in [-0.3, -0.25) is 4.79 Å². The second-order valence-electron chi connectivity index (χ2n) is 17.6. The molecule has 360 valence electrons. The minimum absolute atomic E-state index is 0.0525. The Morgan fingerprint density at radius 2 is 1.03 bits per heavy atom. The second-order valence-corrected chi connectivity index (χ2v) is 17.6. The molecule has 0 bridgehead atoms. The summed E-state index contributed by atoms with van der Waals surface area (Å²) in [5.74, 6) is 9.83. The predicted octanol–water partition coefficient (Wildman–Crippen LogP) is 7.32. The number of carbonyl (C=O) groups excluding carboxylic acids is 2. The van der Waals surface area contributed by atoms with Crippen molar-refractivity contribution < 1.29 is 65.9 Å². The first-order valence-corrected chi connectivity index (χ1v) is 22.7. The zero-order valence-corrected chi connectivity index (χ0v) is 41.1. The molecule has 14 nitrogen and oxygen atoms in total. The van der Waals surface area contributed by atoms with E-state index in [9.17, 15) is 9.59 Å². The molecule has 0 spiro atoms. The molecule has 0 amide bonds. The van der Waals surface area contributed by atoms with E-state index in [4.69, 9.17) is 47.4 Å². The number of hydrogen-bond donors (Lipinski definition) is 0. The van der Waals surface area contributed by atoms with E-state index in [1.807, 2.05) is 30.3 Å². The first-order valence-electron chi connectivity index (χ1n) is 22.7. The lowest BCUT2D eigenvalue weighted by atomic mass is 9.85. The van der Waals surface area contributed by atoms with Crippen molar-refractivity contribution in [1.82, 2.24) is 0 Å². The van der Waals surface area contributed by atoms with Gasteiger partial charge in [-0.25, -0.2) is 4.79 Å². The molecule has 4 aromatic rings. The number of likely N-dealkylation sites (N-methyl/N-ethyl adjacent to an activating group) is 2. The van der Waals surface area contributed by atoms with Crippen LogP contribution >= 0.6 is 0 Å². The Morgan fingerprint density at radius 1 is 0.537 bits per heavy atom. The maximum absolute atomic E-state index is 13.1. The summed E-state index contributed by atoms with van der Waals surface area (Å²) in [6.07, 6.45) is 4.40. The van der Waals surface area contributed by atoms with Crippen molar-refractivity contribution >= 4 is 11.8 Å². The summed E-state index contributed by atoms with van der Waals surface area (Å²) >= 11 is 0. The van der Waals surface area contributed by atoms with Crippen LogP contribution in [0.3, 0.4) is 0 Å².